The van der Waals surface area contributed by atoms with Gasteiger partial charge in [-0.1, -0.05) is 32.1 Å². The summed E-state index contributed by atoms with van der Waals surface area (Å²) in [5.41, 5.74) is 3.01. The van der Waals surface area contributed by atoms with E-state index in [1.165, 1.54) is 57.8 Å². The average Bonchev–Trinajstić information content (AvgIpc) is 3.19. The van der Waals surface area contributed by atoms with Crippen LogP contribution in [-0.2, 0) is 4.74 Å². The highest BCUT2D eigenvalue weighted by Crippen LogP contribution is 2.35. The van der Waals surface area contributed by atoms with Gasteiger partial charge in [0.1, 0.15) is 0 Å². The SMILES string of the molecule is COC(C1CCCCC1)C(CCC1CC1)NN. The highest BCUT2D eigenvalue weighted by molar-refractivity contribution is 4.85. The number of hydrogen-bond donors (Lipinski definition) is 2. The Hall–Kier alpha value is -0.120. The zero-order chi connectivity index (χ0) is 12.1. The molecule has 0 radical (unpaired) electrons. The van der Waals surface area contributed by atoms with Crippen molar-refractivity contribution >= 4 is 0 Å². The third-order valence-electron chi connectivity index (χ3n) is 4.58. The number of methoxy groups -OCH3 is 1. The van der Waals surface area contributed by atoms with Crippen LogP contribution in [0.15, 0.2) is 0 Å². The standard InChI is InChI=1S/C14H28N2O/c1-17-14(12-5-3-2-4-6-12)13(16-15)10-9-11-7-8-11/h11-14,16H,2-10,15H2,1H3. The maximum atomic E-state index is 5.75. The fraction of sp³-hybridized carbons (Fsp3) is 1.00. The van der Waals surface area contributed by atoms with E-state index in [4.69, 9.17) is 10.6 Å². The Morgan fingerprint density at radius 3 is 2.41 bits per heavy atom. The number of ether oxygens (including phenoxy) is 1. The minimum absolute atomic E-state index is 0.319. The summed E-state index contributed by atoms with van der Waals surface area (Å²) in [6.45, 7) is 0. The summed E-state index contributed by atoms with van der Waals surface area (Å²) in [5.74, 6) is 7.43. The minimum Gasteiger partial charge on any atom is -0.379 e. The molecule has 2 unspecified atom stereocenters. The first-order chi connectivity index (χ1) is 8.35. The van der Waals surface area contributed by atoms with Crippen molar-refractivity contribution in [1.29, 1.82) is 0 Å². The largest absolute Gasteiger partial charge is 0.379 e. The van der Waals surface area contributed by atoms with Crippen LogP contribution in [0.5, 0.6) is 0 Å². The van der Waals surface area contributed by atoms with Crippen LogP contribution in [0, 0.1) is 11.8 Å². The van der Waals surface area contributed by atoms with E-state index in [1.54, 1.807) is 0 Å². The normalized spacial score (nSPS) is 25.8. The van der Waals surface area contributed by atoms with E-state index in [-0.39, 0.29) is 0 Å². The van der Waals surface area contributed by atoms with Crippen LogP contribution in [0.1, 0.15) is 57.8 Å². The van der Waals surface area contributed by atoms with E-state index in [2.05, 4.69) is 5.43 Å². The Balaban J connectivity index is 1.82. The molecule has 0 saturated heterocycles. The Bertz CT molecular complexity index is 212. The zero-order valence-electron chi connectivity index (χ0n) is 11.2. The van der Waals surface area contributed by atoms with E-state index < -0.39 is 0 Å². The predicted octanol–water partition coefficient (Wildman–Crippen LogP) is 2.60. The predicted molar refractivity (Wildman–Crippen MR) is 70.4 cm³/mol. The van der Waals surface area contributed by atoms with E-state index in [0.717, 1.165) is 5.92 Å². The molecule has 2 aliphatic carbocycles. The van der Waals surface area contributed by atoms with Crippen LogP contribution in [0.25, 0.3) is 0 Å². The maximum absolute atomic E-state index is 5.75. The van der Waals surface area contributed by atoms with Gasteiger partial charge in [-0.05, 0) is 37.5 Å². The molecule has 0 aromatic carbocycles. The van der Waals surface area contributed by atoms with E-state index >= 15 is 0 Å². The summed E-state index contributed by atoms with van der Waals surface area (Å²) < 4.78 is 5.75. The first-order valence-corrected chi connectivity index (χ1v) is 7.34. The number of rotatable bonds is 7. The number of nitrogens with one attached hydrogen (secondary N) is 1. The van der Waals surface area contributed by atoms with Gasteiger partial charge in [-0.2, -0.15) is 0 Å². The van der Waals surface area contributed by atoms with Crippen molar-refractivity contribution in [2.24, 2.45) is 17.7 Å². The van der Waals surface area contributed by atoms with Crippen LogP contribution in [0.3, 0.4) is 0 Å². The van der Waals surface area contributed by atoms with Gasteiger partial charge in [-0.3, -0.25) is 11.3 Å². The molecular formula is C14H28N2O. The Morgan fingerprint density at radius 1 is 1.18 bits per heavy atom. The van der Waals surface area contributed by atoms with Crippen LogP contribution < -0.4 is 11.3 Å². The Labute approximate surface area is 105 Å². The molecule has 3 N–H and O–H groups in total. The molecule has 0 amide bonds. The molecule has 0 aromatic heterocycles. The molecule has 0 heterocycles. The minimum atomic E-state index is 0.319. The maximum Gasteiger partial charge on any atom is 0.0765 e. The number of hydrogen-bond acceptors (Lipinski definition) is 3. The molecule has 100 valence electrons. The smallest absolute Gasteiger partial charge is 0.0765 e. The van der Waals surface area contributed by atoms with Gasteiger partial charge in [0.15, 0.2) is 0 Å². The van der Waals surface area contributed by atoms with Crippen LogP contribution in [0.2, 0.25) is 0 Å². The Morgan fingerprint density at radius 2 is 1.88 bits per heavy atom. The quantitative estimate of drug-likeness (QED) is 0.531. The fourth-order valence-electron chi connectivity index (χ4n) is 3.31. The molecule has 2 saturated carbocycles. The molecule has 2 atom stereocenters. The lowest BCUT2D eigenvalue weighted by atomic mass is 9.81. The summed E-state index contributed by atoms with van der Waals surface area (Å²) in [5, 5.41) is 0. The molecule has 0 bridgehead atoms. The topological polar surface area (TPSA) is 47.3 Å². The van der Waals surface area contributed by atoms with Crippen LogP contribution in [-0.4, -0.2) is 19.3 Å². The lowest BCUT2D eigenvalue weighted by molar-refractivity contribution is 0.00527. The van der Waals surface area contributed by atoms with E-state index in [9.17, 15) is 0 Å². The van der Waals surface area contributed by atoms with Crippen molar-refractivity contribution < 1.29 is 4.74 Å². The summed E-state index contributed by atoms with van der Waals surface area (Å²) >= 11 is 0. The second kappa shape index (κ2) is 6.72. The molecule has 3 nitrogen and oxygen atoms in total. The molecule has 17 heavy (non-hydrogen) atoms. The lowest BCUT2D eigenvalue weighted by Crippen LogP contribution is -2.48. The highest BCUT2D eigenvalue weighted by Gasteiger charge is 2.31. The summed E-state index contributed by atoms with van der Waals surface area (Å²) in [7, 11) is 1.85. The summed E-state index contributed by atoms with van der Waals surface area (Å²) in [6.07, 6.45) is 12.4. The molecule has 0 aliphatic heterocycles. The fourth-order valence-corrected chi connectivity index (χ4v) is 3.31. The van der Waals surface area contributed by atoms with E-state index in [1.807, 2.05) is 7.11 Å². The van der Waals surface area contributed by atoms with Gasteiger partial charge in [0.25, 0.3) is 0 Å². The Kier molecular flexibility index (Phi) is 5.26. The van der Waals surface area contributed by atoms with E-state index in [0.29, 0.717) is 18.1 Å². The van der Waals surface area contributed by atoms with Crippen LogP contribution >= 0.6 is 0 Å². The first kappa shape index (κ1) is 13.3. The van der Waals surface area contributed by atoms with Gasteiger partial charge in [-0.15, -0.1) is 0 Å². The summed E-state index contributed by atoms with van der Waals surface area (Å²) in [4.78, 5) is 0. The molecule has 2 aliphatic rings. The number of hydrazine groups is 1. The van der Waals surface area contributed by atoms with Gasteiger partial charge in [-0.25, -0.2) is 0 Å². The van der Waals surface area contributed by atoms with Crippen molar-refractivity contribution in [3.63, 3.8) is 0 Å². The van der Waals surface area contributed by atoms with Crippen LogP contribution in [0.4, 0.5) is 0 Å². The second-order valence-electron chi connectivity index (χ2n) is 5.89. The molecular weight excluding hydrogens is 212 g/mol. The van der Waals surface area contributed by atoms with Crippen molar-refractivity contribution in [2.75, 3.05) is 7.11 Å². The van der Waals surface area contributed by atoms with Gasteiger partial charge < -0.3 is 4.74 Å². The zero-order valence-corrected chi connectivity index (χ0v) is 11.2. The lowest BCUT2D eigenvalue weighted by Gasteiger charge is -2.34. The molecule has 2 rings (SSSR count). The monoisotopic (exact) mass is 240 g/mol. The van der Waals surface area contributed by atoms with Gasteiger partial charge >= 0.3 is 0 Å². The van der Waals surface area contributed by atoms with Gasteiger partial charge in [0, 0.05) is 13.2 Å². The van der Waals surface area contributed by atoms with Crippen molar-refractivity contribution in [2.45, 2.75) is 69.9 Å². The van der Waals surface area contributed by atoms with Gasteiger partial charge in [0.2, 0.25) is 0 Å². The second-order valence-corrected chi connectivity index (χ2v) is 5.89. The van der Waals surface area contributed by atoms with Crippen molar-refractivity contribution in [3.05, 3.63) is 0 Å². The number of nitrogens with two attached hydrogens (primary N) is 1. The third kappa shape index (κ3) is 3.94. The molecule has 0 spiro atoms. The van der Waals surface area contributed by atoms with Gasteiger partial charge in [0.05, 0.1) is 6.10 Å². The third-order valence-corrected chi connectivity index (χ3v) is 4.58. The summed E-state index contributed by atoms with van der Waals surface area (Å²) in [6, 6.07) is 0.351. The van der Waals surface area contributed by atoms with Crippen molar-refractivity contribution in [1.82, 2.24) is 5.43 Å². The molecule has 2 fully saturated rings. The first-order valence-electron chi connectivity index (χ1n) is 7.34. The molecule has 0 aromatic rings. The van der Waals surface area contributed by atoms with Crippen molar-refractivity contribution in [3.8, 4) is 0 Å². The molecule has 3 heteroatoms. The highest BCUT2D eigenvalue weighted by atomic mass is 16.5. The average molecular weight is 240 g/mol.